The van der Waals surface area contributed by atoms with Crippen LogP contribution in [0.5, 0.6) is 0 Å². The largest absolute Gasteiger partial charge is 0.286 e. The van der Waals surface area contributed by atoms with Gasteiger partial charge in [0.25, 0.3) is 0 Å². The Labute approximate surface area is 105 Å². The van der Waals surface area contributed by atoms with Gasteiger partial charge in [-0.05, 0) is 29.8 Å². The van der Waals surface area contributed by atoms with Crippen LogP contribution in [-0.4, -0.2) is 20.5 Å². The highest BCUT2D eigenvalue weighted by Crippen LogP contribution is 2.22. The standard InChI is InChI=1S/C10H10BrN3OS/c1-3-14-9(7(11)4-13-14)10(15)8-5-12-6(2)16-8/h4-5H,3H2,1-2H3. The molecule has 0 spiro atoms. The van der Waals surface area contributed by atoms with Gasteiger partial charge in [0.05, 0.1) is 20.6 Å². The number of hydrogen-bond donors (Lipinski definition) is 0. The maximum atomic E-state index is 12.2. The summed E-state index contributed by atoms with van der Waals surface area (Å²) in [5.74, 6) is -0.0307. The first kappa shape index (κ1) is 11.5. The third kappa shape index (κ3) is 1.94. The van der Waals surface area contributed by atoms with Crippen molar-refractivity contribution in [3.8, 4) is 0 Å². The van der Waals surface area contributed by atoms with E-state index in [4.69, 9.17) is 0 Å². The predicted octanol–water partition coefficient (Wildman–Crippen LogP) is 2.66. The van der Waals surface area contributed by atoms with Crippen LogP contribution >= 0.6 is 27.3 Å². The maximum Gasteiger partial charge on any atom is 0.223 e. The van der Waals surface area contributed by atoms with Crippen LogP contribution in [0.4, 0.5) is 0 Å². The van der Waals surface area contributed by atoms with E-state index in [2.05, 4.69) is 26.0 Å². The molecule has 4 nitrogen and oxygen atoms in total. The Hall–Kier alpha value is -1.01. The fourth-order valence-corrected chi connectivity index (χ4v) is 2.61. The Bertz CT molecular complexity index is 532. The molecule has 0 aliphatic carbocycles. The average Bonchev–Trinajstić information content (AvgIpc) is 2.83. The van der Waals surface area contributed by atoms with E-state index in [-0.39, 0.29) is 5.78 Å². The third-order valence-electron chi connectivity index (χ3n) is 2.15. The summed E-state index contributed by atoms with van der Waals surface area (Å²) in [4.78, 5) is 16.9. The van der Waals surface area contributed by atoms with Gasteiger partial charge < -0.3 is 0 Å². The minimum atomic E-state index is -0.0307. The van der Waals surface area contributed by atoms with Crippen molar-refractivity contribution in [3.63, 3.8) is 0 Å². The van der Waals surface area contributed by atoms with Crippen LogP contribution in [0.3, 0.4) is 0 Å². The molecular weight excluding hydrogens is 290 g/mol. The third-order valence-corrected chi connectivity index (χ3v) is 3.65. The number of aromatic nitrogens is 3. The molecule has 2 rings (SSSR count). The van der Waals surface area contributed by atoms with Gasteiger partial charge in [-0.1, -0.05) is 0 Å². The molecular formula is C10H10BrN3OS. The second kappa shape index (κ2) is 4.47. The number of carbonyl (C=O) groups is 1. The average molecular weight is 300 g/mol. The molecule has 0 saturated heterocycles. The van der Waals surface area contributed by atoms with Crippen LogP contribution < -0.4 is 0 Å². The van der Waals surface area contributed by atoms with Crippen molar-refractivity contribution in [2.75, 3.05) is 0 Å². The molecule has 0 aromatic carbocycles. The number of hydrogen-bond acceptors (Lipinski definition) is 4. The van der Waals surface area contributed by atoms with Gasteiger partial charge in [-0.2, -0.15) is 5.10 Å². The summed E-state index contributed by atoms with van der Waals surface area (Å²) < 4.78 is 2.41. The van der Waals surface area contributed by atoms with Crippen LogP contribution in [0, 0.1) is 6.92 Å². The van der Waals surface area contributed by atoms with Crippen molar-refractivity contribution >= 4 is 33.0 Å². The SMILES string of the molecule is CCn1ncc(Br)c1C(=O)c1cnc(C)s1. The molecule has 2 aromatic rings. The topological polar surface area (TPSA) is 47.8 Å². The minimum absolute atomic E-state index is 0.0307. The molecule has 0 saturated carbocycles. The van der Waals surface area contributed by atoms with E-state index in [1.54, 1.807) is 17.1 Å². The number of halogens is 1. The van der Waals surface area contributed by atoms with E-state index < -0.39 is 0 Å². The van der Waals surface area contributed by atoms with Gasteiger partial charge in [0, 0.05) is 12.7 Å². The van der Waals surface area contributed by atoms with Gasteiger partial charge >= 0.3 is 0 Å². The molecule has 0 atom stereocenters. The van der Waals surface area contributed by atoms with Crippen LogP contribution in [0.15, 0.2) is 16.9 Å². The lowest BCUT2D eigenvalue weighted by molar-refractivity contribution is 0.103. The molecule has 0 aliphatic rings. The Balaban J connectivity index is 2.44. The molecule has 2 aromatic heterocycles. The first-order chi connectivity index (χ1) is 7.63. The normalized spacial score (nSPS) is 10.7. The number of aryl methyl sites for hydroxylation is 2. The molecule has 0 fully saturated rings. The van der Waals surface area contributed by atoms with Crippen LogP contribution in [-0.2, 0) is 6.54 Å². The first-order valence-corrected chi connectivity index (χ1v) is 6.43. The summed E-state index contributed by atoms with van der Waals surface area (Å²) in [5.41, 5.74) is 0.589. The first-order valence-electron chi connectivity index (χ1n) is 4.82. The number of ketones is 1. The monoisotopic (exact) mass is 299 g/mol. The molecule has 0 amide bonds. The summed E-state index contributed by atoms with van der Waals surface area (Å²) in [6.45, 7) is 4.51. The fraction of sp³-hybridized carbons (Fsp3) is 0.300. The smallest absolute Gasteiger partial charge is 0.223 e. The Morgan fingerprint density at radius 3 is 2.88 bits per heavy atom. The Kier molecular flexibility index (Phi) is 3.20. The van der Waals surface area contributed by atoms with Crippen molar-refractivity contribution in [1.82, 2.24) is 14.8 Å². The lowest BCUT2D eigenvalue weighted by Gasteiger charge is -2.02. The van der Waals surface area contributed by atoms with Crippen molar-refractivity contribution < 1.29 is 4.79 Å². The second-order valence-electron chi connectivity index (χ2n) is 3.23. The molecule has 0 bridgehead atoms. The van der Waals surface area contributed by atoms with Gasteiger partial charge in [-0.3, -0.25) is 9.48 Å². The van der Waals surface area contributed by atoms with E-state index in [1.165, 1.54) is 11.3 Å². The minimum Gasteiger partial charge on any atom is -0.286 e. The van der Waals surface area contributed by atoms with Crippen molar-refractivity contribution in [2.24, 2.45) is 0 Å². The number of thiazole rings is 1. The molecule has 84 valence electrons. The highest BCUT2D eigenvalue weighted by molar-refractivity contribution is 9.10. The van der Waals surface area contributed by atoms with Crippen LogP contribution in [0.1, 0.15) is 27.3 Å². The van der Waals surface area contributed by atoms with E-state index in [0.717, 1.165) is 9.48 Å². The van der Waals surface area contributed by atoms with Crippen molar-refractivity contribution in [2.45, 2.75) is 20.4 Å². The quantitative estimate of drug-likeness (QED) is 0.819. The number of nitrogens with zero attached hydrogens (tertiary/aromatic N) is 3. The highest BCUT2D eigenvalue weighted by atomic mass is 79.9. The number of rotatable bonds is 3. The van der Waals surface area contributed by atoms with Crippen LogP contribution in [0.2, 0.25) is 0 Å². The van der Waals surface area contributed by atoms with E-state index in [9.17, 15) is 4.79 Å². The van der Waals surface area contributed by atoms with Crippen molar-refractivity contribution in [1.29, 1.82) is 0 Å². The molecule has 0 unspecified atom stereocenters. The lowest BCUT2D eigenvalue weighted by Crippen LogP contribution is -2.10. The molecule has 0 N–H and O–H groups in total. The second-order valence-corrected chi connectivity index (χ2v) is 5.32. The van der Waals surface area contributed by atoms with E-state index >= 15 is 0 Å². The predicted molar refractivity (Wildman–Crippen MR) is 65.9 cm³/mol. The molecule has 2 heterocycles. The molecule has 6 heteroatoms. The van der Waals surface area contributed by atoms with Gasteiger partial charge in [0.1, 0.15) is 5.69 Å². The highest BCUT2D eigenvalue weighted by Gasteiger charge is 2.19. The summed E-state index contributed by atoms with van der Waals surface area (Å²) in [5, 5.41) is 5.01. The lowest BCUT2D eigenvalue weighted by atomic mass is 10.2. The summed E-state index contributed by atoms with van der Waals surface area (Å²) in [7, 11) is 0. The van der Waals surface area contributed by atoms with Gasteiger partial charge in [-0.25, -0.2) is 4.98 Å². The zero-order chi connectivity index (χ0) is 11.7. The molecule has 16 heavy (non-hydrogen) atoms. The summed E-state index contributed by atoms with van der Waals surface area (Å²) in [6.07, 6.45) is 3.26. The fourth-order valence-electron chi connectivity index (χ4n) is 1.41. The van der Waals surface area contributed by atoms with Crippen LogP contribution in [0.25, 0.3) is 0 Å². The van der Waals surface area contributed by atoms with E-state index in [0.29, 0.717) is 17.1 Å². The summed E-state index contributed by atoms with van der Waals surface area (Å²) >= 11 is 4.74. The van der Waals surface area contributed by atoms with Crippen molar-refractivity contribution in [3.05, 3.63) is 32.4 Å². The van der Waals surface area contributed by atoms with E-state index in [1.807, 2.05) is 13.8 Å². The Morgan fingerprint density at radius 2 is 2.31 bits per heavy atom. The molecule has 0 radical (unpaired) electrons. The van der Waals surface area contributed by atoms with Gasteiger partial charge in [-0.15, -0.1) is 11.3 Å². The Morgan fingerprint density at radius 1 is 1.56 bits per heavy atom. The zero-order valence-electron chi connectivity index (χ0n) is 8.90. The number of carbonyl (C=O) groups excluding carboxylic acids is 1. The molecule has 0 aliphatic heterocycles. The van der Waals surface area contributed by atoms with Gasteiger partial charge in [0.15, 0.2) is 0 Å². The zero-order valence-corrected chi connectivity index (χ0v) is 11.3. The maximum absolute atomic E-state index is 12.2. The van der Waals surface area contributed by atoms with Gasteiger partial charge in [0.2, 0.25) is 5.78 Å². The summed E-state index contributed by atoms with van der Waals surface area (Å²) in [6, 6.07) is 0.